The van der Waals surface area contributed by atoms with Gasteiger partial charge in [-0.05, 0) is 18.4 Å². The first kappa shape index (κ1) is 16.7. The molecule has 0 aliphatic carbocycles. The van der Waals surface area contributed by atoms with Crippen molar-refractivity contribution >= 4 is 17.2 Å². The van der Waals surface area contributed by atoms with E-state index in [0.717, 1.165) is 22.7 Å². The lowest BCUT2D eigenvalue weighted by Crippen LogP contribution is -2.34. The van der Waals surface area contributed by atoms with Crippen molar-refractivity contribution in [2.75, 3.05) is 7.05 Å². The van der Waals surface area contributed by atoms with Gasteiger partial charge in [0.15, 0.2) is 0 Å². The first-order chi connectivity index (χ1) is 10.5. The minimum atomic E-state index is -0.0871. The van der Waals surface area contributed by atoms with Crippen LogP contribution in [0.1, 0.15) is 42.5 Å². The molecule has 2 aromatic rings. The molecule has 4 heteroatoms. The fourth-order valence-electron chi connectivity index (χ4n) is 2.65. The summed E-state index contributed by atoms with van der Waals surface area (Å²) in [5.74, 6) is 0.400. The van der Waals surface area contributed by atoms with Crippen LogP contribution < -0.4 is 0 Å². The summed E-state index contributed by atoms with van der Waals surface area (Å²) in [6, 6.07) is 10.1. The quantitative estimate of drug-likeness (QED) is 0.798. The van der Waals surface area contributed by atoms with E-state index in [1.165, 1.54) is 0 Å². The van der Waals surface area contributed by atoms with Crippen LogP contribution in [-0.4, -0.2) is 22.8 Å². The van der Waals surface area contributed by atoms with Gasteiger partial charge in [0.05, 0.1) is 23.2 Å². The first-order valence-electron chi connectivity index (χ1n) is 7.73. The van der Waals surface area contributed by atoms with Gasteiger partial charge < -0.3 is 4.90 Å². The van der Waals surface area contributed by atoms with Crippen LogP contribution >= 0.6 is 11.3 Å². The molecular weight excluding hydrogens is 292 g/mol. The van der Waals surface area contributed by atoms with E-state index in [4.69, 9.17) is 0 Å². The number of nitrogens with zero attached hydrogens (tertiary/aromatic N) is 2. The molecule has 0 N–H and O–H groups in total. The highest BCUT2D eigenvalue weighted by Gasteiger charge is 2.28. The van der Waals surface area contributed by atoms with Crippen molar-refractivity contribution in [3.8, 4) is 0 Å². The van der Waals surface area contributed by atoms with Gasteiger partial charge in [-0.3, -0.25) is 4.79 Å². The molecule has 0 radical (unpaired) electrons. The smallest absolute Gasteiger partial charge is 0.230 e. The minimum Gasteiger partial charge on any atom is -0.339 e. The number of rotatable bonds is 6. The Labute approximate surface area is 137 Å². The van der Waals surface area contributed by atoms with Gasteiger partial charge in [0.2, 0.25) is 5.91 Å². The van der Waals surface area contributed by atoms with Gasteiger partial charge in [-0.2, -0.15) is 0 Å². The lowest BCUT2D eigenvalue weighted by atomic mass is 9.84. The standard InChI is InChI=1S/C18H24N2OS/c1-5-13(2)17(15-9-7-6-8-10-15)18(21)20(4)11-16-12-22-14(3)19-16/h6-10,12-13,17H,5,11H2,1-4H3. The number of aryl methyl sites for hydroxylation is 1. The third kappa shape index (κ3) is 3.95. The van der Waals surface area contributed by atoms with Gasteiger partial charge >= 0.3 is 0 Å². The lowest BCUT2D eigenvalue weighted by Gasteiger charge is -2.27. The van der Waals surface area contributed by atoms with E-state index < -0.39 is 0 Å². The molecule has 0 bridgehead atoms. The zero-order valence-corrected chi connectivity index (χ0v) is 14.6. The number of benzene rings is 1. The zero-order chi connectivity index (χ0) is 16.1. The topological polar surface area (TPSA) is 33.2 Å². The third-order valence-electron chi connectivity index (χ3n) is 4.08. The van der Waals surface area contributed by atoms with Crippen molar-refractivity contribution in [1.82, 2.24) is 9.88 Å². The predicted octanol–water partition coefficient (Wildman–Crippen LogP) is 4.24. The van der Waals surface area contributed by atoms with Gasteiger partial charge in [0, 0.05) is 12.4 Å². The highest BCUT2D eigenvalue weighted by Crippen LogP contribution is 2.29. The number of carbonyl (C=O) groups excluding carboxylic acids is 1. The lowest BCUT2D eigenvalue weighted by molar-refractivity contribution is -0.133. The Bertz CT molecular complexity index is 609. The Balaban J connectivity index is 2.18. The molecule has 0 aliphatic heterocycles. The molecule has 2 unspecified atom stereocenters. The van der Waals surface area contributed by atoms with Crippen molar-refractivity contribution in [2.24, 2.45) is 5.92 Å². The Kier molecular flexibility index (Phi) is 5.72. The van der Waals surface area contributed by atoms with E-state index >= 15 is 0 Å². The Morgan fingerprint density at radius 3 is 2.55 bits per heavy atom. The maximum atomic E-state index is 13.0. The summed E-state index contributed by atoms with van der Waals surface area (Å²) in [7, 11) is 1.87. The summed E-state index contributed by atoms with van der Waals surface area (Å²) in [5, 5.41) is 3.07. The van der Waals surface area contributed by atoms with Crippen LogP contribution in [0.4, 0.5) is 0 Å². The van der Waals surface area contributed by atoms with Gasteiger partial charge in [0.1, 0.15) is 0 Å². The second kappa shape index (κ2) is 7.54. The zero-order valence-electron chi connectivity index (χ0n) is 13.7. The molecule has 0 saturated heterocycles. The molecule has 1 aromatic carbocycles. The average molecular weight is 316 g/mol. The molecule has 2 atom stereocenters. The SMILES string of the molecule is CCC(C)C(C(=O)N(C)Cc1csc(C)n1)c1ccccc1. The van der Waals surface area contributed by atoms with Crippen LogP contribution in [0.3, 0.4) is 0 Å². The first-order valence-corrected chi connectivity index (χ1v) is 8.61. The highest BCUT2D eigenvalue weighted by atomic mass is 32.1. The van der Waals surface area contributed by atoms with E-state index in [0.29, 0.717) is 12.5 Å². The van der Waals surface area contributed by atoms with Gasteiger partial charge in [-0.1, -0.05) is 50.6 Å². The average Bonchev–Trinajstić information content (AvgIpc) is 2.93. The molecule has 0 saturated carbocycles. The van der Waals surface area contributed by atoms with E-state index in [1.54, 1.807) is 16.2 Å². The van der Waals surface area contributed by atoms with Crippen molar-refractivity contribution in [1.29, 1.82) is 0 Å². The highest BCUT2D eigenvalue weighted by molar-refractivity contribution is 7.09. The molecule has 22 heavy (non-hydrogen) atoms. The molecule has 118 valence electrons. The largest absolute Gasteiger partial charge is 0.339 e. The Morgan fingerprint density at radius 1 is 1.32 bits per heavy atom. The van der Waals surface area contributed by atoms with Crippen molar-refractivity contribution in [3.63, 3.8) is 0 Å². The number of amides is 1. The second-order valence-corrected chi connectivity index (χ2v) is 6.89. The Hall–Kier alpha value is -1.68. The number of hydrogen-bond acceptors (Lipinski definition) is 3. The molecular formula is C18H24N2OS. The second-order valence-electron chi connectivity index (χ2n) is 5.83. The minimum absolute atomic E-state index is 0.0871. The summed E-state index contributed by atoms with van der Waals surface area (Å²) >= 11 is 1.62. The van der Waals surface area contributed by atoms with Gasteiger partial charge in [-0.25, -0.2) is 4.98 Å². The van der Waals surface area contributed by atoms with Crippen molar-refractivity contribution < 1.29 is 4.79 Å². The predicted molar refractivity (Wildman–Crippen MR) is 92.0 cm³/mol. The summed E-state index contributed by atoms with van der Waals surface area (Å²) in [6.45, 7) is 6.85. The number of hydrogen-bond donors (Lipinski definition) is 0. The number of carbonyl (C=O) groups is 1. The molecule has 1 aromatic heterocycles. The van der Waals surface area contributed by atoms with Crippen LogP contribution in [-0.2, 0) is 11.3 Å². The number of thiazole rings is 1. The molecule has 3 nitrogen and oxygen atoms in total. The van der Waals surface area contributed by atoms with E-state index in [2.05, 4.69) is 31.0 Å². The molecule has 0 aliphatic rings. The molecule has 0 spiro atoms. The van der Waals surface area contributed by atoms with Crippen LogP contribution in [0.25, 0.3) is 0 Å². The van der Waals surface area contributed by atoms with Crippen LogP contribution in [0, 0.1) is 12.8 Å². The van der Waals surface area contributed by atoms with Crippen molar-refractivity contribution in [2.45, 2.75) is 39.7 Å². The molecule has 2 rings (SSSR count). The van der Waals surface area contributed by atoms with E-state index in [9.17, 15) is 4.79 Å². The maximum Gasteiger partial charge on any atom is 0.230 e. The van der Waals surface area contributed by atoms with Crippen LogP contribution in [0.15, 0.2) is 35.7 Å². The van der Waals surface area contributed by atoms with Crippen LogP contribution in [0.5, 0.6) is 0 Å². The monoisotopic (exact) mass is 316 g/mol. The molecule has 1 amide bonds. The normalized spacial score (nSPS) is 13.6. The van der Waals surface area contributed by atoms with Crippen molar-refractivity contribution in [3.05, 3.63) is 52.0 Å². The maximum absolute atomic E-state index is 13.0. The summed E-state index contributed by atoms with van der Waals surface area (Å²) in [4.78, 5) is 19.2. The molecule has 1 heterocycles. The van der Waals surface area contributed by atoms with Gasteiger partial charge in [-0.15, -0.1) is 11.3 Å². The fraction of sp³-hybridized carbons (Fsp3) is 0.444. The summed E-state index contributed by atoms with van der Waals surface area (Å²) in [6.07, 6.45) is 0.981. The Morgan fingerprint density at radius 2 is 2.00 bits per heavy atom. The summed E-state index contributed by atoms with van der Waals surface area (Å²) < 4.78 is 0. The third-order valence-corrected chi connectivity index (χ3v) is 4.90. The van der Waals surface area contributed by atoms with Gasteiger partial charge in [0.25, 0.3) is 0 Å². The molecule has 0 fully saturated rings. The van der Waals surface area contributed by atoms with Crippen LogP contribution in [0.2, 0.25) is 0 Å². The van der Waals surface area contributed by atoms with E-state index in [-0.39, 0.29) is 11.8 Å². The summed E-state index contributed by atoms with van der Waals surface area (Å²) in [5.41, 5.74) is 2.07. The van der Waals surface area contributed by atoms with E-state index in [1.807, 2.05) is 37.6 Å². The number of aromatic nitrogens is 1. The fourth-order valence-corrected chi connectivity index (χ4v) is 3.25. The number of likely N-dealkylation sites (N-methyl/N-ethyl adjacent to an activating group) is 1.